The molecule has 0 atom stereocenters. The Labute approximate surface area is 92.7 Å². The van der Waals surface area contributed by atoms with Crippen LogP contribution in [0.1, 0.15) is 25.6 Å². The number of nitrogens with zero attached hydrogens (tertiary/aromatic N) is 2. The number of aromatic nitrogens is 3. The largest absolute Gasteiger partial charge is 0.396 e. The fraction of sp³-hybridized carbons (Fsp3) is 0.273. The summed E-state index contributed by atoms with van der Waals surface area (Å²) in [7, 11) is 0. The van der Waals surface area contributed by atoms with Crippen molar-refractivity contribution in [1.82, 2.24) is 15.2 Å². The highest BCUT2D eigenvalue weighted by molar-refractivity contribution is 5.59. The van der Waals surface area contributed by atoms with Gasteiger partial charge in [0.2, 0.25) is 0 Å². The number of hydrogen-bond acceptors (Lipinski definition) is 3. The highest BCUT2D eigenvalue weighted by Gasteiger charge is 2.09. The first-order chi connectivity index (χ1) is 7.58. The van der Waals surface area contributed by atoms with E-state index in [4.69, 9.17) is 5.73 Å². The Bertz CT molecular complexity index is 504. The van der Waals surface area contributed by atoms with Crippen molar-refractivity contribution in [3.63, 3.8) is 0 Å². The number of aromatic amines is 1. The van der Waals surface area contributed by atoms with E-state index in [1.54, 1.807) is 6.07 Å². The standard InChI is InChI=1S/C11H13FN4/c1-6(2)10-14-11(16-15-10)7-3-4-9(13)8(12)5-7/h3-6H,13H2,1-2H3,(H,14,15,16). The lowest BCUT2D eigenvalue weighted by Gasteiger charge is -1.99. The Kier molecular flexibility index (Phi) is 2.60. The quantitative estimate of drug-likeness (QED) is 0.763. The number of halogens is 1. The molecule has 0 aliphatic carbocycles. The Morgan fingerprint density at radius 1 is 1.38 bits per heavy atom. The van der Waals surface area contributed by atoms with E-state index in [0.29, 0.717) is 11.4 Å². The van der Waals surface area contributed by atoms with Gasteiger partial charge in [-0.05, 0) is 18.2 Å². The molecule has 3 N–H and O–H groups in total. The highest BCUT2D eigenvalue weighted by Crippen LogP contribution is 2.21. The second-order valence-electron chi connectivity index (χ2n) is 3.94. The molecular weight excluding hydrogens is 207 g/mol. The zero-order valence-electron chi connectivity index (χ0n) is 9.16. The molecule has 1 aromatic carbocycles. The number of benzene rings is 1. The van der Waals surface area contributed by atoms with Crippen molar-refractivity contribution < 1.29 is 4.39 Å². The molecule has 5 heteroatoms. The van der Waals surface area contributed by atoms with E-state index in [1.165, 1.54) is 12.1 Å². The molecule has 0 amide bonds. The molecule has 1 heterocycles. The van der Waals surface area contributed by atoms with E-state index in [9.17, 15) is 4.39 Å². The zero-order chi connectivity index (χ0) is 11.7. The third-order valence-electron chi connectivity index (χ3n) is 2.31. The summed E-state index contributed by atoms with van der Waals surface area (Å²) in [6.45, 7) is 4.02. The lowest BCUT2D eigenvalue weighted by molar-refractivity contribution is 0.633. The normalized spacial score (nSPS) is 11.0. The number of nitrogens with one attached hydrogen (secondary N) is 1. The van der Waals surface area contributed by atoms with Gasteiger partial charge in [0.15, 0.2) is 5.82 Å². The number of anilines is 1. The monoisotopic (exact) mass is 220 g/mol. The Hall–Kier alpha value is -1.91. The topological polar surface area (TPSA) is 67.6 Å². The average Bonchev–Trinajstić information content (AvgIpc) is 2.71. The van der Waals surface area contributed by atoms with Crippen molar-refractivity contribution in [3.05, 3.63) is 29.8 Å². The van der Waals surface area contributed by atoms with E-state index in [1.807, 2.05) is 13.8 Å². The van der Waals surface area contributed by atoms with Gasteiger partial charge in [0, 0.05) is 11.5 Å². The first kappa shape index (κ1) is 10.6. The van der Waals surface area contributed by atoms with Crippen LogP contribution in [0.5, 0.6) is 0 Å². The van der Waals surface area contributed by atoms with Crippen molar-refractivity contribution in [2.45, 2.75) is 19.8 Å². The molecule has 0 fully saturated rings. The second kappa shape index (κ2) is 3.92. The minimum Gasteiger partial charge on any atom is -0.396 e. The molecule has 4 nitrogen and oxygen atoms in total. The van der Waals surface area contributed by atoms with Gasteiger partial charge in [-0.15, -0.1) is 0 Å². The summed E-state index contributed by atoms with van der Waals surface area (Å²) in [6, 6.07) is 4.55. The van der Waals surface area contributed by atoms with Crippen LogP contribution in [0.3, 0.4) is 0 Å². The van der Waals surface area contributed by atoms with Crippen LogP contribution in [0.2, 0.25) is 0 Å². The average molecular weight is 220 g/mol. The van der Waals surface area contributed by atoms with Gasteiger partial charge in [-0.25, -0.2) is 9.37 Å². The van der Waals surface area contributed by atoms with Crippen molar-refractivity contribution in [2.75, 3.05) is 5.73 Å². The predicted octanol–water partition coefficient (Wildman–Crippen LogP) is 2.32. The summed E-state index contributed by atoms with van der Waals surface area (Å²) < 4.78 is 13.2. The fourth-order valence-corrected chi connectivity index (χ4v) is 1.33. The fourth-order valence-electron chi connectivity index (χ4n) is 1.33. The van der Waals surface area contributed by atoms with Crippen LogP contribution < -0.4 is 5.73 Å². The SMILES string of the molecule is CC(C)c1nc(-c2ccc(N)c(F)c2)n[nH]1. The van der Waals surface area contributed by atoms with E-state index in [0.717, 1.165) is 5.82 Å². The van der Waals surface area contributed by atoms with Crippen LogP contribution >= 0.6 is 0 Å². The van der Waals surface area contributed by atoms with Crippen LogP contribution in [-0.2, 0) is 0 Å². The molecule has 16 heavy (non-hydrogen) atoms. The van der Waals surface area contributed by atoms with Crippen LogP contribution in [-0.4, -0.2) is 15.2 Å². The molecule has 0 unspecified atom stereocenters. The summed E-state index contributed by atoms with van der Waals surface area (Å²) in [5, 5.41) is 6.86. The van der Waals surface area contributed by atoms with Crippen molar-refractivity contribution in [2.24, 2.45) is 0 Å². The minimum atomic E-state index is -0.451. The predicted molar refractivity (Wildman–Crippen MR) is 60.3 cm³/mol. The maximum absolute atomic E-state index is 13.2. The number of rotatable bonds is 2. The second-order valence-corrected chi connectivity index (χ2v) is 3.94. The third kappa shape index (κ3) is 1.88. The molecule has 0 bridgehead atoms. The molecule has 1 aromatic heterocycles. The van der Waals surface area contributed by atoms with Gasteiger partial charge < -0.3 is 5.73 Å². The van der Waals surface area contributed by atoms with Gasteiger partial charge in [-0.2, -0.15) is 5.10 Å². The summed E-state index contributed by atoms with van der Waals surface area (Å²) in [5.74, 6) is 1.09. The summed E-state index contributed by atoms with van der Waals surface area (Å²) in [6.07, 6.45) is 0. The van der Waals surface area contributed by atoms with Gasteiger partial charge in [-0.3, -0.25) is 5.10 Å². The molecule has 2 aromatic rings. The molecule has 0 saturated carbocycles. The van der Waals surface area contributed by atoms with Crippen molar-refractivity contribution in [3.8, 4) is 11.4 Å². The summed E-state index contributed by atoms with van der Waals surface area (Å²) in [4.78, 5) is 4.28. The molecule has 0 spiro atoms. The zero-order valence-corrected chi connectivity index (χ0v) is 9.16. The van der Waals surface area contributed by atoms with Crippen molar-refractivity contribution >= 4 is 5.69 Å². The minimum absolute atomic E-state index is 0.128. The molecule has 84 valence electrons. The molecule has 0 aliphatic heterocycles. The third-order valence-corrected chi connectivity index (χ3v) is 2.31. The number of hydrogen-bond donors (Lipinski definition) is 2. The molecule has 0 saturated heterocycles. The van der Waals surface area contributed by atoms with Gasteiger partial charge in [0.25, 0.3) is 0 Å². The molecule has 0 radical (unpaired) electrons. The van der Waals surface area contributed by atoms with Crippen LogP contribution in [0.15, 0.2) is 18.2 Å². The van der Waals surface area contributed by atoms with E-state index < -0.39 is 5.82 Å². The first-order valence-corrected chi connectivity index (χ1v) is 5.05. The van der Waals surface area contributed by atoms with E-state index >= 15 is 0 Å². The molecular formula is C11H13FN4. The van der Waals surface area contributed by atoms with Gasteiger partial charge in [-0.1, -0.05) is 13.8 Å². The van der Waals surface area contributed by atoms with E-state index in [-0.39, 0.29) is 11.6 Å². The van der Waals surface area contributed by atoms with Crippen LogP contribution in [0.25, 0.3) is 11.4 Å². The number of nitrogens with two attached hydrogens (primary N) is 1. The Balaban J connectivity index is 2.39. The van der Waals surface area contributed by atoms with Gasteiger partial charge in [0.1, 0.15) is 11.6 Å². The maximum Gasteiger partial charge on any atom is 0.181 e. The lowest BCUT2D eigenvalue weighted by atomic mass is 10.2. The highest BCUT2D eigenvalue weighted by atomic mass is 19.1. The van der Waals surface area contributed by atoms with E-state index in [2.05, 4.69) is 15.2 Å². The lowest BCUT2D eigenvalue weighted by Crippen LogP contribution is -1.92. The Morgan fingerprint density at radius 3 is 2.69 bits per heavy atom. The van der Waals surface area contributed by atoms with Crippen LogP contribution in [0.4, 0.5) is 10.1 Å². The number of nitrogen functional groups attached to an aromatic ring is 1. The molecule has 2 rings (SSSR count). The maximum atomic E-state index is 13.2. The summed E-state index contributed by atoms with van der Waals surface area (Å²) >= 11 is 0. The van der Waals surface area contributed by atoms with Crippen molar-refractivity contribution in [1.29, 1.82) is 0 Å². The summed E-state index contributed by atoms with van der Waals surface area (Å²) in [5.41, 5.74) is 6.14. The smallest absolute Gasteiger partial charge is 0.181 e. The van der Waals surface area contributed by atoms with Crippen LogP contribution in [0, 0.1) is 5.82 Å². The Morgan fingerprint density at radius 2 is 2.12 bits per heavy atom. The molecule has 0 aliphatic rings. The number of H-pyrrole nitrogens is 1. The van der Waals surface area contributed by atoms with Gasteiger partial charge in [0.05, 0.1) is 5.69 Å². The first-order valence-electron chi connectivity index (χ1n) is 5.05. The van der Waals surface area contributed by atoms with Gasteiger partial charge >= 0.3 is 0 Å².